The molecule has 1 atom stereocenters. The number of hydrogen-bond acceptors (Lipinski definition) is 4. The summed E-state index contributed by atoms with van der Waals surface area (Å²) in [6.45, 7) is 12.1. The fraction of sp³-hybridized carbons (Fsp3) is 0.867. The van der Waals surface area contributed by atoms with Gasteiger partial charge in [0, 0.05) is 13.1 Å². The molecule has 5 heteroatoms. The molecule has 0 aromatic carbocycles. The SMILES string of the molecule is CC(C)(C)OC(=O)[C@@H]1CCCN(C(=O)OC(C)(C)C)C1. The van der Waals surface area contributed by atoms with Gasteiger partial charge in [-0.3, -0.25) is 4.79 Å². The standard InChI is InChI=1S/C15H27NO4/c1-14(2,3)19-12(17)11-8-7-9-16(10-11)13(18)20-15(4,5)6/h11H,7-10H2,1-6H3/t11-/m1/s1. The third kappa shape index (κ3) is 5.80. The fourth-order valence-electron chi connectivity index (χ4n) is 2.05. The molecule has 0 aromatic heterocycles. The summed E-state index contributed by atoms with van der Waals surface area (Å²) in [7, 11) is 0. The quantitative estimate of drug-likeness (QED) is 0.695. The van der Waals surface area contributed by atoms with E-state index in [0.717, 1.165) is 12.8 Å². The van der Waals surface area contributed by atoms with E-state index < -0.39 is 11.2 Å². The number of likely N-dealkylation sites (tertiary alicyclic amines) is 1. The van der Waals surface area contributed by atoms with Gasteiger partial charge in [-0.05, 0) is 54.4 Å². The van der Waals surface area contributed by atoms with Gasteiger partial charge in [-0.2, -0.15) is 0 Å². The van der Waals surface area contributed by atoms with Gasteiger partial charge in [-0.1, -0.05) is 0 Å². The normalized spacial score (nSPS) is 20.5. The van der Waals surface area contributed by atoms with E-state index >= 15 is 0 Å². The van der Waals surface area contributed by atoms with Crippen LogP contribution in [0.25, 0.3) is 0 Å². The summed E-state index contributed by atoms with van der Waals surface area (Å²) in [4.78, 5) is 25.7. The van der Waals surface area contributed by atoms with E-state index in [1.165, 1.54) is 0 Å². The molecule has 0 radical (unpaired) electrons. The smallest absolute Gasteiger partial charge is 0.410 e. The van der Waals surface area contributed by atoms with E-state index in [1.54, 1.807) is 4.90 Å². The highest BCUT2D eigenvalue weighted by molar-refractivity contribution is 5.75. The third-order valence-corrected chi connectivity index (χ3v) is 2.81. The molecule has 5 nitrogen and oxygen atoms in total. The van der Waals surface area contributed by atoms with Crippen LogP contribution in [-0.4, -0.2) is 41.3 Å². The summed E-state index contributed by atoms with van der Waals surface area (Å²) in [6, 6.07) is 0. The summed E-state index contributed by atoms with van der Waals surface area (Å²) in [5, 5.41) is 0. The van der Waals surface area contributed by atoms with Gasteiger partial charge in [0.15, 0.2) is 0 Å². The van der Waals surface area contributed by atoms with Gasteiger partial charge in [0.25, 0.3) is 0 Å². The predicted molar refractivity (Wildman–Crippen MR) is 76.4 cm³/mol. The summed E-state index contributed by atoms with van der Waals surface area (Å²) in [5.74, 6) is -0.485. The van der Waals surface area contributed by atoms with Crippen molar-refractivity contribution in [3.8, 4) is 0 Å². The molecule has 116 valence electrons. The van der Waals surface area contributed by atoms with Gasteiger partial charge >= 0.3 is 12.1 Å². The molecule has 20 heavy (non-hydrogen) atoms. The van der Waals surface area contributed by atoms with Crippen molar-refractivity contribution < 1.29 is 19.1 Å². The average Bonchev–Trinajstić information content (AvgIpc) is 2.24. The third-order valence-electron chi connectivity index (χ3n) is 2.81. The summed E-state index contributed by atoms with van der Waals surface area (Å²) in [6.07, 6.45) is 1.20. The van der Waals surface area contributed by atoms with Crippen molar-refractivity contribution in [2.24, 2.45) is 5.92 Å². The molecule has 0 bridgehead atoms. The lowest BCUT2D eigenvalue weighted by molar-refractivity contribution is -0.161. The second-order valence-corrected chi connectivity index (χ2v) is 7.30. The Bertz CT molecular complexity index is 331. The number of amides is 1. The van der Waals surface area contributed by atoms with Crippen molar-refractivity contribution in [3.05, 3.63) is 0 Å². The Morgan fingerprint density at radius 2 is 1.55 bits per heavy atom. The lowest BCUT2D eigenvalue weighted by atomic mass is 9.98. The number of piperidine rings is 1. The number of carbonyl (C=O) groups excluding carboxylic acids is 2. The van der Waals surface area contributed by atoms with E-state index in [2.05, 4.69) is 0 Å². The molecular formula is C15H27NO4. The molecule has 1 aliphatic rings. The summed E-state index contributed by atoms with van der Waals surface area (Å²) < 4.78 is 10.7. The number of ether oxygens (including phenoxy) is 2. The molecule has 1 aliphatic heterocycles. The van der Waals surface area contributed by atoms with Crippen LogP contribution in [0, 0.1) is 5.92 Å². The number of rotatable bonds is 1. The van der Waals surface area contributed by atoms with Gasteiger partial charge in [-0.25, -0.2) is 4.79 Å². The maximum Gasteiger partial charge on any atom is 0.410 e. The molecular weight excluding hydrogens is 258 g/mol. The first kappa shape index (κ1) is 16.8. The Morgan fingerprint density at radius 3 is 2.05 bits per heavy atom. The molecule has 0 unspecified atom stereocenters. The van der Waals surface area contributed by atoms with E-state index in [4.69, 9.17) is 9.47 Å². The van der Waals surface area contributed by atoms with Crippen LogP contribution >= 0.6 is 0 Å². The first-order valence-corrected chi connectivity index (χ1v) is 7.19. The van der Waals surface area contributed by atoms with E-state index in [9.17, 15) is 9.59 Å². The molecule has 1 fully saturated rings. The Balaban J connectivity index is 2.58. The van der Waals surface area contributed by atoms with E-state index in [-0.39, 0.29) is 18.0 Å². The van der Waals surface area contributed by atoms with Crippen LogP contribution in [0.1, 0.15) is 54.4 Å². The van der Waals surface area contributed by atoms with Crippen LogP contribution in [0.15, 0.2) is 0 Å². The van der Waals surface area contributed by atoms with Gasteiger partial charge < -0.3 is 14.4 Å². The zero-order chi connectivity index (χ0) is 15.6. The van der Waals surface area contributed by atoms with Gasteiger partial charge in [0.1, 0.15) is 11.2 Å². The topological polar surface area (TPSA) is 55.8 Å². The second kappa shape index (κ2) is 6.02. The Kier molecular flexibility index (Phi) is 5.05. The average molecular weight is 285 g/mol. The zero-order valence-electron chi connectivity index (χ0n) is 13.5. The molecule has 1 saturated heterocycles. The lowest BCUT2D eigenvalue weighted by Crippen LogP contribution is -2.45. The number of carbonyl (C=O) groups is 2. The Labute approximate surface area is 121 Å². The molecule has 0 saturated carbocycles. The largest absolute Gasteiger partial charge is 0.460 e. The molecule has 1 amide bonds. The molecule has 0 spiro atoms. The highest BCUT2D eigenvalue weighted by Crippen LogP contribution is 2.22. The van der Waals surface area contributed by atoms with Crippen molar-refractivity contribution >= 4 is 12.1 Å². The van der Waals surface area contributed by atoms with Crippen molar-refractivity contribution in [1.82, 2.24) is 4.90 Å². The van der Waals surface area contributed by atoms with Crippen molar-refractivity contribution in [3.63, 3.8) is 0 Å². The predicted octanol–water partition coefficient (Wildman–Crippen LogP) is 2.98. The second-order valence-electron chi connectivity index (χ2n) is 7.30. The number of nitrogens with zero attached hydrogens (tertiary/aromatic N) is 1. The van der Waals surface area contributed by atoms with Gasteiger partial charge in [0.2, 0.25) is 0 Å². The van der Waals surface area contributed by atoms with Crippen molar-refractivity contribution in [2.75, 3.05) is 13.1 Å². The lowest BCUT2D eigenvalue weighted by Gasteiger charge is -2.34. The molecule has 0 N–H and O–H groups in total. The number of esters is 1. The first-order valence-electron chi connectivity index (χ1n) is 7.19. The molecule has 0 aliphatic carbocycles. The minimum Gasteiger partial charge on any atom is -0.460 e. The maximum absolute atomic E-state index is 12.1. The zero-order valence-corrected chi connectivity index (χ0v) is 13.5. The van der Waals surface area contributed by atoms with Crippen LogP contribution in [0.2, 0.25) is 0 Å². The molecule has 0 aromatic rings. The number of hydrogen-bond donors (Lipinski definition) is 0. The highest BCUT2D eigenvalue weighted by atomic mass is 16.6. The molecule has 1 rings (SSSR count). The van der Waals surface area contributed by atoms with Crippen molar-refractivity contribution in [1.29, 1.82) is 0 Å². The minimum atomic E-state index is -0.518. The van der Waals surface area contributed by atoms with Crippen LogP contribution in [0.4, 0.5) is 4.79 Å². The van der Waals surface area contributed by atoms with Gasteiger partial charge in [-0.15, -0.1) is 0 Å². The van der Waals surface area contributed by atoms with Gasteiger partial charge in [0.05, 0.1) is 5.92 Å². The summed E-state index contributed by atoms with van der Waals surface area (Å²) >= 11 is 0. The maximum atomic E-state index is 12.1. The minimum absolute atomic E-state index is 0.231. The van der Waals surface area contributed by atoms with Crippen LogP contribution in [-0.2, 0) is 14.3 Å². The monoisotopic (exact) mass is 285 g/mol. The van der Waals surface area contributed by atoms with Crippen LogP contribution in [0.3, 0.4) is 0 Å². The van der Waals surface area contributed by atoms with Crippen molar-refractivity contribution in [2.45, 2.75) is 65.6 Å². The highest BCUT2D eigenvalue weighted by Gasteiger charge is 2.33. The summed E-state index contributed by atoms with van der Waals surface area (Å²) in [5.41, 5.74) is -1.01. The van der Waals surface area contributed by atoms with E-state index in [0.29, 0.717) is 13.1 Å². The Morgan fingerprint density at radius 1 is 1.00 bits per heavy atom. The van der Waals surface area contributed by atoms with Crippen LogP contribution < -0.4 is 0 Å². The van der Waals surface area contributed by atoms with Crippen LogP contribution in [0.5, 0.6) is 0 Å². The fourth-order valence-corrected chi connectivity index (χ4v) is 2.05. The first-order chi connectivity index (χ1) is 8.98. The molecule has 1 heterocycles. The Hall–Kier alpha value is -1.26. The van der Waals surface area contributed by atoms with E-state index in [1.807, 2.05) is 41.5 Å².